The number of hydrogen-bond acceptors (Lipinski definition) is 5. The van der Waals surface area contributed by atoms with Crippen LogP contribution in [0.3, 0.4) is 0 Å². The van der Waals surface area contributed by atoms with Crippen LogP contribution < -0.4 is 10.2 Å². The molecule has 2 aromatic rings. The lowest BCUT2D eigenvalue weighted by Gasteiger charge is -2.04. The second-order valence-electron chi connectivity index (χ2n) is 3.86. The Morgan fingerprint density at radius 2 is 2.00 bits per heavy atom. The number of carbonyl (C=O) groups excluding carboxylic acids is 1. The van der Waals surface area contributed by atoms with E-state index in [0.29, 0.717) is 0 Å². The molecule has 6 heteroatoms. The second-order valence-corrected chi connectivity index (χ2v) is 3.86. The molecule has 1 aromatic heterocycles. The van der Waals surface area contributed by atoms with Crippen LogP contribution in [0.4, 0.5) is 4.39 Å². The quantitative estimate of drug-likeness (QED) is 0.802. The van der Waals surface area contributed by atoms with Crippen LogP contribution >= 0.6 is 0 Å². The van der Waals surface area contributed by atoms with Crippen molar-refractivity contribution in [3.8, 4) is 5.75 Å². The van der Waals surface area contributed by atoms with Gasteiger partial charge in [-0.1, -0.05) is 0 Å². The van der Waals surface area contributed by atoms with E-state index in [-0.39, 0.29) is 29.1 Å². The van der Waals surface area contributed by atoms with Crippen LogP contribution in [0.15, 0.2) is 45.8 Å². The van der Waals surface area contributed by atoms with Gasteiger partial charge in [0.2, 0.25) is 11.2 Å². The van der Waals surface area contributed by atoms with Gasteiger partial charge in [0.25, 0.3) is 0 Å². The SMILES string of the molecule is COc1coc(COC(=O)c2ccc(F)cc2)cc1=O. The van der Waals surface area contributed by atoms with Gasteiger partial charge in [-0.2, -0.15) is 0 Å². The number of benzene rings is 1. The van der Waals surface area contributed by atoms with E-state index in [4.69, 9.17) is 13.9 Å². The summed E-state index contributed by atoms with van der Waals surface area (Å²) in [4.78, 5) is 23.1. The van der Waals surface area contributed by atoms with Crippen LogP contribution in [-0.2, 0) is 11.3 Å². The van der Waals surface area contributed by atoms with Gasteiger partial charge in [0.05, 0.1) is 12.7 Å². The Hall–Kier alpha value is -2.63. The summed E-state index contributed by atoms with van der Waals surface area (Å²) in [5.41, 5.74) is -0.158. The van der Waals surface area contributed by atoms with E-state index >= 15 is 0 Å². The molecule has 0 fully saturated rings. The normalized spacial score (nSPS) is 10.1. The molecule has 20 heavy (non-hydrogen) atoms. The number of esters is 1. The van der Waals surface area contributed by atoms with Gasteiger partial charge in [-0.15, -0.1) is 0 Å². The predicted molar refractivity (Wildman–Crippen MR) is 67.0 cm³/mol. The van der Waals surface area contributed by atoms with E-state index in [0.717, 1.165) is 18.4 Å². The lowest BCUT2D eigenvalue weighted by molar-refractivity contribution is 0.0442. The molecule has 0 aliphatic carbocycles. The van der Waals surface area contributed by atoms with Crippen LogP contribution in [0.1, 0.15) is 16.1 Å². The third-order valence-corrected chi connectivity index (χ3v) is 2.50. The van der Waals surface area contributed by atoms with Gasteiger partial charge < -0.3 is 13.9 Å². The number of carbonyl (C=O) groups is 1. The molecule has 0 spiro atoms. The Morgan fingerprint density at radius 1 is 1.30 bits per heavy atom. The van der Waals surface area contributed by atoms with E-state index in [9.17, 15) is 14.0 Å². The third kappa shape index (κ3) is 3.23. The summed E-state index contributed by atoms with van der Waals surface area (Å²) in [6, 6.07) is 6.11. The molecular formula is C14H11FO5. The average Bonchev–Trinajstić information content (AvgIpc) is 2.45. The molecule has 0 aliphatic rings. The fourth-order valence-electron chi connectivity index (χ4n) is 1.47. The van der Waals surface area contributed by atoms with Crippen molar-refractivity contribution in [1.82, 2.24) is 0 Å². The van der Waals surface area contributed by atoms with E-state index < -0.39 is 11.8 Å². The lowest BCUT2D eigenvalue weighted by Crippen LogP contribution is -2.08. The maximum atomic E-state index is 12.7. The highest BCUT2D eigenvalue weighted by Gasteiger charge is 2.09. The van der Waals surface area contributed by atoms with Gasteiger partial charge >= 0.3 is 5.97 Å². The largest absolute Gasteiger partial charge is 0.490 e. The van der Waals surface area contributed by atoms with Crippen LogP contribution in [0.5, 0.6) is 5.75 Å². The minimum absolute atomic E-state index is 0.0682. The highest BCUT2D eigenvalue weighted by molar-refractivity contribution is 5.89. The summed E-state index contributed by atoms with van der Waals surface area (Å²) in [7, 11) is 1.35. The summed E-state index contributed by atoms with van der Waals surface area (Å²) in [6.45, 7) is -0.199. The molecule has 0 N–H and O–H groups in total. The monoisotopic (exact) mass is 278 g/mol. The average molecular weight is 278 g/mol. The summed E-state index contributed by atoms with van der Waals surface area (Å²) in [6.07, 6.45) is 1.14. The van der Waals surface area contributed by atoms with Crippen molar-refractivity contribution in [2.24, 2.45) is 0 Å². The topological polar surface area (TPSA) is 65.7 Å². The Kier molecular flexibility index (Phi) is 4.14. The number of halogens is 1. The maximum absolute atomic E-state index is 12.7. The summed E-state index contributed by atoms with van der Waals surface area (Å²) in [5, 5.41) is 0. The van der Waals surface area contributed by atoms with Crippen molar-refractivity contribution in [2.45, 2.75) is 6.61 Å². The highest BCUT2D eigenvalue weighted by atomic mass is 19.1. The van der Waals surface area contributed by atoms with E-state index in [1.54, 1.807) is 0 Å². The second kappa shape index (κ2) is 6.01. The van der Waals surface area contributed by atoms with Gasteiger partial charge in [0, 0.05) is 6.07 Å². The molecule has 1 heterocycles. The van der Waals surface area contributed by atoms with Crippen molar-refractivity contribution in [2.75, 3.05) is 7.11 Å². The number of rotatable bonds is 4. The molecule has 1 aromatic carbocycles. The van der Waals surface area contributed by atoms with Gasteiger partial charge in [0.1, 0.15) is 24.4 Å². The van der Waals surface area contributed by atoms with Crippen molar-refractivity contribution in [1.29, 1.82) is 0 Å². The van der Waals surface area contributed by atoms with Crippen molar-refractivity contribution in [3.05, 3.63) is 64.0 Å². The van der Waals surface area contributed by atoms with Crippen molar-refractivity contribution >= 4 is 5.97 Å². The standard InChI is InChI=1S/C14H11FO5/c1-18-13-8-19-11(6-12(13)16)7-20-14(17)9-2-4-10(15)5-3-9/h2-6,8H,7H2,1H3. The maximum Gasteiger partial charge on any atom is 0.338 e. The van der Waals surface area contributed by atoms with Gasteiger partial charge in [-0.05, 0) is 24.3 Å². The predicted octanol–water partition coefficient (Wildman–Crippen LogP) is 2.14. The van der Waals surface area contributed by atoms with Crippen LogP contribution in [0.25, 0.3) is 0 Å². The first-order valence-corrected chi connectivity index (χ1v) is 5.68. The number of hydrogen-bond donors (Lipinski definition) is 0. The fourth-order valence-corrected chi connectivity index (χ4v) is 1.47. The Balaban J connectivity index is 2.01. The zero-order valence-corrected chi connectivity index (χ0v) is 10.6. The molecule has 5 nitrogen and oxygen atoms in total. The first kappa shape index (κ1) is 13.8. The van der Waals surface area contributed by atoms with E-state index in [1.165, 1.54) is 25.3 Å². The Morgan fingerprint density at radius 3 is 2.60 bits per heavy atom. The number of ether oxygens (including phenoxy) is 2. The minimum atomic E-state index is -0.636. The Bertz CT molecular complexity index is 660. The van der Waals surface area contributed by atoms with Crippen LogP contribution in [0, 0.1) is 5.82 Å². The molecule has 0 amide bonds. The Labute approximate surface area is 113 Å². The highest BCUT2D eigenvalue weighted by Crippen LogP contribution is 2.09. The van der Waals surface area contributed by atoms with Gasteiger partial charge in [-0.25, -0.2) is 9.18 Å². The smallest absolute Gasteiger partial charge is 0.338 e. The molecule has 0 radical (unpaired) electrons. The minimum Gasteiger partial charge on any atom is -0.490 e. The van der Waals surface area contributed by atoms with Gasteiger partial charge in [-0.3, -0.25) is 4.79 Å². The summed E-state index contributed by atoms with van der Waals surface area (Å²) in [5.74, 6) is -0.823. The molecule has 0 saturated carbocycles. The molecule has 0 aliphatic heterocycles. The molecule has 0 saturated heterocycles. The molecule has 104 valence electrons. The molecular weight excluding hydrogens is 267 g/mol. The zero-order chi connectivity index (χ0) is 14.5. The van der Waals surface area contributed by atoms with E-state index in [1.807, 2.05) is 0 Å². The fraction of sp³-hybridized carbons (Fsp3) is 0.143. The van der Waals surface area contributed by atoms with Crippen LogP contribution in [0.2, 0.25) is 0 Å². The molecule has 0 bridgehead atoms. The lowest BCUT2D eigenvalue weighted by atomic mass is 10.2. The van der Waals surface area contributed by atoms with Gasteiger partial charge in [0.15, 0.2) is 0 Å². The summed E-state index contributed by atoms with van der Waals surface area (Å²) >= 11 is 0. The number of methoxy groups -OCH3 is 1. The van der Waals surface area contributed by atoms with Crippen molar-refractivity contribution < 1.29 is 23.1 Å². The zero-order valence-electron chi connectivity index (χ0n) is 10.6. The molecule has 2 rings (SSSR count). The molecule has 0 unspecified atom stereocenters. The first-order chi connectivity index (χ1) is 9.60. The van der Waals surface area contributed by atoms with Crippen LogP contribution in [-0.4, -0.2) is 13.1 Å². The van der Waals surface area contributed by atoms with E-state index in [2.05, 4.69) is 0 Å². The third-order valence-electron chi connectivity index (χ3n) is 2.50. The first-order valence-electron chi connectivity index (χ1n) is 5.68. The van der Waals surface area contributed by atoms with Crippen molar-refractivity contribution in [3.63, 3.8) is 0 Å². The summed E-state index contributed by atoms with van der Waals surface area (Å²) < 4.78 is 27.5. The molecule has 0 atom stereocenters.